The van der Waals surface area contributed by atoms with Gasteiger partial charge in [0.25, 0.3) is 5.91 Å². The molecular weight excluding hydrogens is 270 g/mol. The van der Waals surface area contributed by atoms with Crippen molar-refractivity contribution in [1.29, 1.82) is 0 Å². The molecule has 0 bridgehead atoms. The van der Waals surface area contributed by atoms with E-state index in [9.17, 15) is 4.79 Å². The summed E-state index contributed by atoms with van der Waals surface area (Å²) in [5.41, 5.74) is 6.99. The Bertz CT molecular complexity index is 660. The van der Waals surface area contributed by atoms with Crippen molar-refractivity contribution in [2.24, 2.45) is 12.8 Å². The molecule has 2 rings (SSSR count). The molecule has 0 spiro atoms. The monoisotopic (exact) mass is 287 g/mol. The minimum atomic E-state index is 0.0143. The summed E-state index contributed by atoms with van der Waals surface area (Å²) in [7, 11) is 3.67. The van der Waals surface area contributed by atoms with Gasteiger partial charge in [-0.2, -0.15) is 0 Å². The lowest BCUT2D eigenvalue weighted by molar-refractivity contribution is 0.0777. The first kappa shape index (κ1) is 14.4. The molecule has 2 heterocycles. The van der Waals surface area contributed by atoms with Gasteiger partial charge in [-0.25, -0.2) is 0 Å². The number of aromatic nitrogens is 1. The van der Waals surface area contributed by atoms with Crippen LogP contribution in [-0.2, 0) is 13.6 Å². The van der Waals surface area contributed by atoms with E-state index in [1.165, 1.54) is 0 Å². The van der Waals surface area contributed by atoms with Crippen LogP contribution in [0.2, 0.25) is 0 Å². The highest BCUT2D eigenvalue weighted by molar-refractivity contribution is 7.10. The summed E-state index contributed by atoms with van der Waals surface area (Å²) in [4.78, 5) is 15.1. The van der Waals surface area contributed by atoms with Gasteiger partial charge in [0, 0.05) is 36.1 Å². The molecular formula is C15H17N3OS. The van der Waals surface area contributed by atoms with Crippen LogP contribution in [0.15, 0.2) is 29.8 Å². The van der Waals surface area contributed by atoms with E-state index in [4.69, 9.17) is 5.73 Å². The lowest BCUT2D eigenvalue weighted by Gasteiger charge is -2.16. The molecule has 0 unspecified atom stereocenters. The highest BCUT2D eigenvalue weighted by atomic mass is 32.1. The van der Waals surface area contributed by atoms with Gasteiger partial charge in [-0.3, -0.25) is 4.79 Å². The Hall–Kier alpha value is -2.03. The molecule has 104 valence electrons. The number of nitrogens with zero attached hydrogens (tertiary/aromatic N) is 2. The van der Waals surface area contributed by atoms with Crippen LogP contribution in [0.5, 0.6) is 0 Å². The molecule has 20 heavy (non-hydrogen) atoms. The van der Waals surface area contributed by atoms with E-state index in [0.29, 0.717) is 18.8 Å². The molecule has 4 nitrogen and oxygen atoms in total. The maximum Gasteiger partial charge on any atom is 0.270 e. The Kier molecular flexibility index (Phi) is 4.61. The van der Waals surface area contributed by atoms with Gasteiger partial charge < -0.3 is 15.2 Å². The summed E-state index contributed by atoms with van der Waals surface area (Å²) in [5.74, 6) is 5.83. The standard InChI is InChI=1S/C15H17N3OS/c1-17-8-4-6-14(17)15(19)18(2)10-13-9-12(11-20-13)5-3-7-16/h4,6,8-9,11H,7,10,16H2,1-2H3. The smallest absolute Gasteiger partial charge is 0.270 e. The van der Waals surface area contributed by atoms with E-state index >= 15 is 0 Å². The molecule has 0 fully saturated rings. The summed E-state index contributed by atoms with van der Waals surface area (Å²) in [6, 6.07) is 5.69. The van der Waals surface area contributed by atoms with Crippen molar-refractivity contribution >= 4 is 17.2 Å². The summed E-state index contributed by atoms with van der Waals surface area (Å²) >= 11 is 1.60. The zero-order valence-corrected chi connectivity index (χ0v) is 12.4. The van der Waals surface area contributed by atoms with Crippen molar-refractivity contribution in [1.82, 2.24) is 9.47 Å². The first-order chi connectivity index (χ1) is 9.61. The van der Waals surface area contributed by atoms with E-state index in [0.717, 1.165) is 10.4 Å². The normalized spacial score (nSPS) is 9.95. The van der Waals surface area contributed by atoms with E-state index < -0.39 is 0 Å². The molecule has 2 aromatic heterocycles. The average molecular weight is 287 g/mol. The van der Waals surface area contributed by atoms with Crippen LogP contribution < -0.4 is 5.73 Å². The van der Waals surface area contributed by atoms with Gasteiger partial charge >= 0.3 is 0 Å². The second kappa shape index (κ2) is 6.42. The highest BCUT2D eigenvalue weighted by Gasteiger charge is 2.15. The Balaban J connectivity index is 2.04. The predicted molar refractivity (Wildman–Crippen MR) is 81.5 cm³/mol. The van der Waals surface area contributed by atoms with Crippen LogP contribution in [-0.4, -0.2) is 29.0 Å². The molecule has 0 radical (unpaired) electrons. The topological polar surface area (TPSA) is 51.3 Å². The fourth-order valence-electron chi connectivity index (χ4n) is 1.87. The molecule has 0 aliphatic rings. The van der Waals surface area contributed by atoms with Gasteiger partial charge in [0.05, 0.1) is 13.1 Å². The Morgan fingerprint density at radius 1 is 1.55 bits per heavy atom. The first-order valence-electron chi connectivity index (χ1n) is 6.25. The molecule has 2 N–H and O–H groups in total. The summed E-state index contributed by atoms with van der Waals surface area (Å²) < 4.78 is 1.82. The largest absolute Gasteiger partial charge is 0.347 e. The third-order valence-corrected chi connectivity index (χ3v) is 3.81. The lowest BCUT2D eigenvalue weighted by Crippen LogP contribution is -2.27. The maximum atomic E-state index is 12.3. The molecule has 2 aromatic rings. The minimum Gasteiger partial charge on any atom is -0.347 e. The van der Waals surface area contributed by atoms with Crippen molar-refractivity contribution in [3.63, 3.8) is 0 Å². The van der Waals surface area contributed by atoms with Gasteiger partial charge in [0.1, 0.15) is 5.69 Å². The van der Waals surface area contributed by atoms with Crippen molar-refractivity contribution in [3.8, 4) is 11.8 Å². The van der Waals surface area contributed by atoms with E-state index in [1.807, 2.05) is 41.4 Å². The number of aryl methyl sites for hydroxylation is 1. The van der Waals surface area contributed by atoms with Crippen molar-refractivity contribution in [3.05, 3.63) is 45.9 Å². The fraction of sp³-hybridized carbons (Fsp3) is 0.267. The fourth-order valence-corrected chi connectivity index (χ4v) is 2.74. The number of carbonyl (C=O) groups is 1. The summed E-state index contributed by atoms with van der Waals surface area (Å²) in [5, 5.41) is 1.98. The molecule has 0 saturated carbocycles. The van der Waals surface area contributed by atoms with Gasteiger partial charge in [0.15, 0.2) is 0 Å². The second-order valence-corrected chi connectivity index (χ2v) is 5.47. The predicted octanol–water partition coefficient (Wildman–Crippen LogP) is 1.67. The van der Waals surface area contributed by atoms with E-state index in [1.54, 1.807) is 23.3 Å². The van der Waals surface area contributed by atoms with Crippen molar-refractivity contribution in [2.75, 3.05) is 13.6 Å². The molecule has 0 atom stereocenters. The van der Waals surface area contributed by atoms with Gasteiger partial charge in [0.2, 0.25) is 0 Å². The first-order valence-corrected chi connectivity index (χ1v) is 7.13. The second-order valence-electron chi connectivity index (χ2n) is 4.47. The highest BCUT2D eigenvalue weighted by Crippen LogP contribution is 2.16. The van der Waals surface area contributed by atoms with Crippen molar-refractivity contribution < 1.29 is 4.79 Å². The quantitative estimate of drug-likeness (QED) is 0.873. The van der Waals surface area contributed by atoms with Crippen LogP contribution >= 0.6 is 11.3 Å². The zero-order chi connectivity index (χ0) is 14.5. The van der Waals surface area contributed by atoms with Crippen LogP contribution in [0.25, 0.3) is 0 Å². The number of hydrogen-bond donors (Lipinski definition) is 1. The zero-order valence-electron chi connectivity index (χ0n) is 11.6. The van der Waals surface area contributed by atoms with Gasteiger partial charge in [-0.1, -0.05) is 11.8 Å². The van der Waals surface area contributed by atoms with Crippen LogP contribution in [0.1, 0.15) is 20.9 Å². The molecule has 5 heteroatoms. The number of hydrogen-bond acceptors (Lipinski definition) is 3. The molecule has 1 amide bonds. The van der Waals surface area contributed by atoms with Crippen LogP contribution in [0.3, 0.4) is 0 Å². The number of carbonyl (C=O) groups excluding carboxylic acids is 1. The molecule has 0 saturated heterocycles. The van der Waals surface area contributed by atoms with Gasteiger partial charge in [-0.15, -0.1) is 11.3 Å². The van der Waals surface area contributed by atoms with Gasteiger partial charge in [-0.05, 0) is 18.2 Å². The molecule has 0 aromatic carbocycles. The average Bonchev–Trinajstić information content (AvgIpc) is 3.04. The Morgan fingerprint density at radius 2 is 2.35 bits per heavy atom. The van der Waals surface area contributed by atoms with Crippen LogP contribution in [0.4, 0.5) is 0 Å². The Morgan fingerprint density at radius 3 is 3.00 bits per heavy atom. The van der Waals surface area contributed by atoms with E-state index in [2.05, 4.69) is 11.8 Å². The maximum absolute atomic E-state index is 12.3. The Labute approximate surface area is 122 Å². The number of thiophene rings is 1. The lowest BCUT2D eigenvalue weighted by atomic mass is 10.3. The number of rotatable bonds is 3. The third-order valence-electron chi connectivity index (χ3n) is 2.89. The summed E-state index contributed by atoms with van der Waals surface area (Å²) in [6.07, 6.45) is 1.87. The van der Waals surface area contributed by atoms with Crippen LogP contribution in [0, 0.1) is 11.8 Å². The summed E-state index contributed by atoms with van der Waals surface area (Å²) in [6.45, 7) is 0.941. The number of nitrogens with two attached hydrogens (primary N) is 1. The van der Waals surface area contributed by atoms with E-state index in [-0.39, 0.29) is 5.91 Å². The number of amides is 1. The third kappa shape index (κ3) is 3.29. The SMILES string of the molecule is CN(Cc1cc(C#CCN)cs1)C(=O)c1cccn1C. The molecule has 0 aliphatic heterocycles. The van der Waals surface area contributed by atoms with Crippen molar-refractivity contribution in [2.45, 2.75) is 6.54 Å². The minimum absolute atomic E-state index is 0.0143. The molecule has 0 aliphatic carbocycles.